The van der Waals surface area contributed by atoms with Gasteiger partial charge in [0.05, 0.1) is 5.56 Å². The molecule has 114 valence electrons. The lowest BCUT2D eigenvalue weighted by Crippen LogP contribution is -2.30. The maximum atomic E-state index is 12.6. The van der Waals surface area contributed by atoms with Crippen LogP contribution in [0.5, 0.6) is 0 Å². The summed E-state index contributed by atoms with van der Waals surface area (Å²) in [4.78, 5) is 0. The molecule has 0 radical (unpaired) electrons. The number of nitrogens with two attached hydrogens (primary N) is 1. The van der Waals surface area contributed by atoms with E-state index < -0.39 is 11.7 Å². The third kappa shape index (κ3) is 4.47. The second kappa shape index (κ2) is 7.06. The Morgan fingerprint density at radius 2 is 2.00 bits per heavy atom. The van der Waals surface area contributed by atoms with E-state index in [1.807, 2.05) is 6.92 Å². The van der Waals surface area contributed by atoms with Crippen molar-refractivity contribution in [2.75, 3.05) is 13.7 Å². The quantitative estimate of drug-likeness (QED) is 0.625. The average molecular weight is 290 g/mol. The Morgan fingerprint density at radius 3 is 2.45 bits per heavy atom. The molecular weight excluding hydrogens is 269 g/mol. The minimum Gasteiger partial charge on any atom is -0.384 e. The number of hydrazine groups is 1. The van der Waals surface area contributed by atoms with Crippen LogP contribution in [0.3, 0.4) is 0 Å². The molecule has 0 bridgehead atoms. The van der Waals surface area contributed by atoms with Crippen molar-refractivity contribution < 1.29 is 17.9 Å². The first-order valence-electron chi connectivity index (χ1n) is 6.42. The highest BCUT2D eigenvalue weighted by molar-refractivity contribution is 5.34. The largest absolute Gasteiger partial charge is 0.416 e. The Morgan fingerprint density at radius 1 is 1.35 bits per heavy atom. The molecule has 0 amide bonds. The summed E-state index contributed by atoms with van der Waals surface area (Å²) in [6.45, 7) is 4.25. The van der Waals surface area contributed by atoms with E-state index in [0.717, 1.165) is 17.7 Å². The van der Waals surface area contributed by atoms with Crippen LogP contribution in [0.15, 0.2) is 18.2 Å². The fourth-order valence-corrected chi connectivity index (χ4v) is 2.28. The van der Waals surface area contributed by atoms with Gasteiger partial charge in [-0.3, -0.25) is 11.3 Å². The van der Waals surface area contributed by atoms with Gasteiger partial charge in [0.1, 0.15) is 0 Å². The van der Waals surface area contributed by atoms with Gasteiger partial charge in [0.2, 0.25) is 0 Å². The van der Waals surface area contributed by atoms with Gasteiger partial charge in [0, 0.05) is 19.8 Å². The molecule has 1 aromatic carbocycles. The Hall–Kier alpha value is -1.11. The van der Waals surface area contributed by atoms with Crippen molar-refractivity contribution in [3.63, 3.8) is 0 Å². The molecule has 0 saturated heterocycles. The molecule has 2 atom stereocenters. The van der Waals surface area contributed by atoms with Crippen LogP contribution in [0.1, 0.15) is 36.1 Å². The van der Waals surface area contributed by atoms with E-state index in [9.17, 15) is 13.2 Å². The smallest absolute Gasteiger partial charge is 0.384 e. The SMILES string of the molecule is COCC(C)CC(NN)c1ccc(C(F)(F)F)cc1C. The van der Waals surface area contributed by atoms with Gasteiger partial charge in [-0.1, -0.05) is 13.0 Å². The number of hydrogen-bond donors (Lipinski definition) is 2. The zero-order valence-electron chi connectivity index (χ0n) is 11.9. The fourth-order valence-electron chi connectivity index (χ4n) is 2.28. The first kappa shape index (κ1) is 16.9. The van der Waals surface area contributed by atoms with Crippen LogP contribution in [0.2, 0.25) is 0 Å². The van der Waals surface area contributed by atoms with E-state index in [1.54, 1.807) is 14.0 Å². The van der Waals surface area contributed by atoms with Crippen molar-refractivity contribution in [3.05, 3.63) is 34.9 Å². The minimum atomic E-state index is -4.32. The van der Waals surface area contributed by atoms with E-state index in [2.05, 4.69) is 5.43 Å². The summed E-state index contributed by atoms with van der Waals surface area (Å²) in [6, 6.07) is 3.54. The molecule has 6 heteroatoms. The van der Waals surface area contributed by atoms with Gasteiger partial charge in [0.25, 0.3) is 0 Å². The lowest BCUT2D eigenvalue weighted by atomic mass is 9.92. The normalized spacial score (nSPS) is 15.2. The van der Waals surface area contributed by atoms with Crippen LogP contribution in [0, 0.1) is 12.8 Å². The maximum Gasteiger partial charge on any atom is 0.416 e. The van der Waals surface area contributed by atoms with E-state index >= 15 is 0 Å². The number of methoxy groups -OCH3 is 1. The van der Waals surface area contributed by atoms with Crippen molar-refractivity contribution in [1.82, 2.24) is 5.43 Å². The molecule has 0 aromatic heterocycles. The van der Waals surface area contributed by atoms with Gasteiger partial charge in [-0.15, -0.1) is 0 Å². The van der Waals surface area contributed by atoms with E-state index in [-0.39, 0.29) is 12.0 Å². The lowest BCUT2D eigenvalue weighted by molar-refractivity contribution is -0.137. The Labute approximate surface area is 117 Å². The Kier molecular flexibility index (Phi) is 5.98. The Balaban J connectivity index is 2.94. The van der Waals surface area contributed by atoms with E-state index in [1.165, 1.54) is 6.07 Å². The molecule has 3 nitrogen and oxygen atoms in total. The third-order valence-corrected chi connectivity index (χ3v) is 3.26. The topological polar surface area (TPSA) is 47.3 Å². The molecule has 2 unspecified atom stereocenters. The standard InChI is InChI=1S/C14H21F3N2O/c1-9(8-20-3)6-13(19-18)12-5-4-11(7-10(12)2)14(15,16)17/h4-5,7,9,13,19H,6,8,18H2,1-3H3. The molecular formula is C14H21F3N2O. The number of halogens is 3. The predicted octanol–water partition coefficient (Wildman–Crippen LogP) is 3.19. The molecule has 0 spiro atoms. The molecule has 0 aliphatic rings. The van der Waals surface area contributed by atoms with Crippen molar-refractivity contribution in [2.24, 2.45) is 11.8 Å². The van der Waals surface area contributed by atoms with Gasteiger partial charge < -0.3 is 4.74 Å². The molecule has 20 heavy (non-hydrogen) atoms. The number of benzene rings is 1. The number of ether oxygens (including phenoxy) is 1. The summed E-state index contributed by atoms with van der Waals surface area (Å²) < 4.78 is 43.0. The summed E-state index contributed by atoms with van der Waals surface area (Å²) in [5, 5.41) is 0. The van der Waals surface area contributed by atoms with Gasteiger partial charge >= 0.3 is 6.18 Å². The molecule has 0 heterocycles. The number of alkyl halides is 3. The van der Waals surface area contributed by atoms with Crippen LogP contribution in [0.4, 0.5) is 13.2 Å². The predicted molar refractivity (Wildman–Crippen MR) is 71.9 cm³/mol. The minimum absolute atomic E-state index is 0.192. The van der Waals surface area contributed by atoms with Crippen LogP contribution in [0.25, 0.3) is 0 Å². The summed E-state index contributed by atoms with van der Waals surface area (Å²) >= 11 is 0. The zero-order chi connectivity index (χ0) is 15.3. The third-order valence-electron chi connectivity index (χ3n) is 3.26. The summed E-state index contributed by atoms with van der Waals surface area (Å²) in [5.41, 5.74) is 3.39. The zero-order valence-corrected chi connectivity index (χ0v) is 11.9. The van der Waals surface area contributed by atoms with Crippen LogP contribution >= 0.6 is 0 Å². The highest BCUT2D eigenvalue weighted by Crippen LogP contribution is 2.32. The number of rotatable bonds is 6. The van der Waals surface area contributed by atoms with Crippen LogP contribution in [-0.2, 0) is 10.9 Å². The summed E-state index contributed by atoms with van der Waals surface area (Å²) in [5.74, 6) is 5.78. The van der Waals surface area contributed by atoms with E-state index in [0.29, 0.717) is 18.6 Å². The molecule has 1 aromatic rings. The summed E-state index contributed by atoms with van der Waals surface area (Å²) in [6.07, 6.45) is -3.63. The highest BCUT2D eigenvalue weighted by Gasteiger charge is 2.31. The molecule has 0 fully saturated rings. The number of nitrogens with one attached hydrogen (secondary N) is 1. The van der Waals surface area contributed by atoms with Gasteiger partial charge in [-0.05, 0) is 42.5 Å². The van der Waals surface area contributed by atoms with Gasteiger partial charge in [-0.25, -0.2) is 0 Å². The van der Waals surface area contributed by atoms with Crippen LogP contribution in [-0.4, -0.2) is 13.7 Å². The molecule has 0 aliphatic heterocycles. The van der Waals surface area contributed by atoms with Crippen LogP contribution < -0.4 is 11.3 Å². The number of hydrogen-bond acceptors (Lipinski definition) is 3. The maximum absolute atomic E-state index is 12.6. The van der Waals surface area contributed by atoms with Crippen molar-refractivity contribution >= 4 is 0 Å². The highest BCUT2D eigenvalue weighted by atomic mass is 19.4. The first-order chi connectivity index (χ1) is 9.29. The fraction of sp³-hybridized carbons (Fsp3) is 0.571. The summed E-state index contributed by atoms with van der Waals surface area (Å²) in [7, 11) is 1.62. The molecule has 1 rings (SSSR count). The lowest BCUT2D eigenvalue weighted by Gasteiger charge is -2.22. The second-order valence-corrected chi connectivity index (χ2v) is 5.08. The average Bonchev–Trinajstić information content (AvgIpc) is 2.35. The molecule has 0 saturated carbocycles. The van der Waals surface area contributed by atoms with E-state index in [4.69, 9.17) is 10.6 Å². The molecule has 0 aliphatic carbocycles. The van der Waals surface area contributed by atoms with Gasteiger partial charge in [-0.2, -0.15) is 13.2 Å². The second-order valence-electron chi connectivity index (χ2n) is 5.08. The monoisotopic (exact) mass is 290 g/mol. The van der Waals surface area contributed by atoms with Crippen molar-refractivity contribution in [1.29, 1.82) is 0 Å². The molecule has 3 N–H and O–H groups in total. The van der Waals surface area contributed by atoms with Crippen molar-refractivity contribution in [2.45, 2.75) is 32.5 Å². The Bertz CT molecular complexity index is 435. The number of aryl methyl sites for hydroxylation is 1. The van der Waals surface area contributed by atoms with Gasteiger partial charge in [0.15, 0.2) is 0 Å². The van der Waals surface area contributed by atoms with Crippen molar-refractivity contribution in [3.8, 4) is 0 Å². The first-order valence-corrected chi connectivity index (χ1v) is 6.42.